The summed E-state index contributed by atoms with van der Waals surface area (Å²) in [6.07, 6.45) is -2.75. The molecule has 2 aromatic heterocycles. The molecule has 1 amide bonds. The molecule has 0 spiro atoms. The van der Waals surface area contributed by atoms with Crippen molar-refractivity contribution in [3.63, 3.8) is 0 Å². The lowest BCUT2D eigenvalue weighted by atomic mass is 10.2. The second-order valence-corrected chi connectivity index (χ2v) is 7.33. The highest BCUT2D eigenvalue weighted by Crippen LogP contribution is 2.28. The fourth-order valence-corrected chi connectivity index (χ4v) is 3.09. The molecular formula is C18H20F5N7O2. The van der Waals surface area contributed by atoms with Gasteiger partial charge in [0, 0.05) is 51.6 Å². The van der Waals surface area contributed by atoms with Crippen LogP contribution in [0, 0.1) is 0 Å². The Balaban J connectivity index is 1.59. The van der Waals surface area contributed by atoms with Crippen LogP contribution < -0.4 is 15.8 Å². The number of H-pyrrole nitrogens is 1. The van der Waals surface area contributed by atoms with E-state index in [-0.39, 0.29) is 36.3 Å². The van der Waals surface area contributed by atoms with E-state index < -0.39 is 29.3 Å². The minimum absolute atomic E-state index is 0.258. The van der Waals surface area contributed by atoms with Gasteiger partial charge < -0.3 is 15.1 Å². The highest BCUT2D eigenvalue weighted by Gasteiger charge is 2.35. The number of carbonyl (C=O) groups is 1. The predicted octanol–water partition coefficient (Wildman–Crippen LogP) is 1.84. The lowest BCUT2D eigenvalue weighted by molar-refractivity contribution is -0.138. The number of hydrogen-bond donors (Lipinski definition) is 2. The van der Waals surface area contributed by atoms with Crippen LogP contribution in [0.5, 0.6) is 0 Å². The van der Waals surface area contributed by atoms with E-state index in [1.54, 1.807) is 10.00 Å². The van der Waals surface area contributed by atoms with Crippen LogP contribution in [0.4, 0.5) is 33.7 Å². The van der Waals surface area contributed by atoms with E-state index in [0.717, 1.165) is 19.3 Å². The van der Waals surface area contributed by atoms with Crippen LogP contribution in [0.25, 0.3) is 0 Å². The van der Waals surface area contributed by atoms with Crippen molar-refractivity contribution in [3.8, 4) is 0 Å². The quantitative estimate of drug-likeness (QED) is 0.655. The molecule has 2 N–H and O–H groups in total. The van der Waals surface area contributed by atoms with Crippen LogP contribution in [0.3, 0.4) is 0 Å². The minimum atomic E-state index is -4.86. The largest absolute Gasteiger partial charge is 0.421 e. The molecule has 2 aromatic rings. The van der Waals surface area contributed by atoms with Gasteiger partial charge in [0.2, 0.25) is 11.9 Å². The number of anilines is 2. The number of aromatic amines is 1. The summed E-state index contributed by atoms with van der Waals surface area (Å²) >= 11 is 0. The van der Waals surface area contributed by atoms with Gasteiger partial charge in [-0.2, -0.15) is 18.3 Å². The van der Waals surface area contributed by atoms with Crippen molar-refractivity contribution in [1.29, 1.82) is 0 Å². The first-order valence-electron chi connectivity index (χ1n) is 9.54. The maximum Gasteiger partial charge on any atom is 0.421 e. The molecule has 0 unspecified atom stereocenters. The fourth-order valence-electron chi connectivity index (χ4n) is 3.09. The first kappa shape index (κ1) is 23.3. The molecule has 0 aliphatic carbocycles. The second-order valence-electron chi connectivity index (χ2n) is 7.33. The lowest BCUT2D eigenvalue weighted by Crippen LogP contribution is -2.52. The average Bonchev–Trinajstić information content (AvgIpc) is 2.73. The summed E-state index contributed by atoms with van der Waals surface area (Å²) < 4.78 is 65.2. The fraction of sp³-hybridized carbons (Fsp3) is 0.500. The van der Waals surface area contributed by atoms with Crippen molar-refractivity contribution in [2.45, 2.75) is 32.0 Å². The monoisotopic (exact) mass is 461 g/mol. The molecular weight excluding hydrogens is 441 g/mol. The molecule has 1 aliphatic rings. The van der Waals surface area contributed by atoms with E-state index in [1.807, 2.05) is 0 Å². The number of nitrogens with one attached hydrogen (secondary N) is 2. The number of rotatable bonds is 5. The topological polar surface area (TPSA) is 107 Å². The Hall–Kier alpha value is -3.32. The van der Waals surface area contributed by atoms with Crippen LogP contribution in [0.1, 0.15) is 25.0 Å². The molecule has 174 valence electrons. The summed E-state index contributed by atoms with van der Waals surface area (Å²) in [5, 5.41) is 7.81. The number of aromatic nitrogens is 4. The van der Waals surface area contributed by atoms with E-state index in [9.17, 15) is 31.5 Å². The maximum absolute atomic E-state index is 13.3. The number of nitrogens with zero attached hydrogens (tertiary/aromatic N) is 5. The summed E-state index contributed by atoms with van der Waals surface area (Å²) in [6.45, 7) is 3.43. The van der Waals surface area contributed by atoms with Crippen LogP contribution in [0.15, 0.2) is 23.3 Å². The van der Waals surface area contributed by atoms with Gasteiger partial charge in [-0.1, -0.05) is 0 Å². The number of amides is 1. The van der Waals surface area contributed by atoms with E-state index in [0.29, 0.717) is 19.2 Å². The van der Waals surface area contributed by atoms with Gasteiger partial charge in [-0.3, -0.25) is 9.59 Å². The van der Waals surface area contributed by atoms with Crippen LogP contribution >= 0.6 is 0 Å². The molecule has 0 bridgehead atoms. The third kappa shape index (κ3) is 5.29. The number of hydrogen-bond acceptors (Lipinski definition) is 7. The van der Waals surface area contributed by atoms with Crippen molar-refractivity contribution < 1.29 is 26.7 Å². The van der Waals surface area contributed by atoms with Crippen molar-refractivity contribution in [3.05, 3.63) is 39.9 Å². The Morgan fingerprint density at radius 3 is 2.25 bits per heavy atom. The molecule has 9 nitrogen and oxygen atoms in total. The van der Waals surface area contributed by atoms with Gasteiger partial charge in [0.15, 0.2) is 0 Å². The zero-order chi connectivity index (χ0) is 23.7. The molecule has 0 saturated carbocycles. The van der Waals surface area contributed by atoms with Gasteiger partial charge in [0.1, 0.15) is 17.4 Å². The smallest absolute Gasteiger partial charge is 0.357 e. The van der Waals surface area contributed by atoms with Crippen molar-refractivity contribution in [2.24, 2.45) is 0 Å². The number of piperazine rings is 1. The Morgan fingerprint density at radius 2 is 1.72 bits per heavy atom. The van der Waals surface area contributed by atoms with Gasteiger partial charge in [-0.15, -0.1) is 0 Å². The highest BCUT2D eigenvalue weighted by atomic mass is 19.4. The third-order valence-corrected chi connectivity index (χ3v) is 4.86. The zero-order valence-corrected chi connectivity index (χ0v) is 17.1. The first-order chi connectivity index (χ1) is 14.9. The molecule has 32 heavy (non-hydrogen) atoms. The molecule has 3 heterocycles. The third-order valence-electron chi connectivity index (χ3n) is 4.86. The minimum Gasteiger partial charge on any atom is -0.357 e. The summed E-state index contributed by atoms with van der Waals surface area (Å²) in [5.74, 6) is -3.46. The summed E-state index contributed by atoms with van der Waals surface area (Å²) in [5.41, 5.74) is -3.11. The normalized spacial score (nSPS) is 16.1. The number of carbonyl (C=O) groups excluding carboxylic acids is 1. The predicted molar refractivity (Wildman–Crippen MR) is 103 cm³/mol. The molecule has 1 atom stereocenters. The average molecular weight is 461 g/mol. The van der Waals surface area contributed by atoms with E-state index in [1.165, 1.54) is 11.8 Å². The van der Waals surface area contributed by atoms with Crippen molar-refractivity contribution in [2.75, 3.05) is 36.4 Å². The SMILES string of the molecule is C[C@H](Nc1cc(C(F)(F)F)c(=O)[nH]n1)C(=O)N1CCN(c2ncc(C(C)(F)F)cn2)CC1. The Labute approximate surface area is 178 Å². The molecule has 14 heteroatoms. The van der Waals surface area contributed by atoms with Gasteiger partial charge in [-0.25, -0.2) is 23.8 Å². The van der Waals surface area contributed by atoms with Crippen molar-refractivity contribution >= 4 is 17.7 Å². The van der Waals surface area contributed by atoms with Gasteiger partial charge in [0.25, 0.3) is 11.5 Å². The van der Waals surface area contributed by atoms with Gasteiger partial charge in [0.05, 0.1) is 5.56 Å². The summed E-state index contributed by atoms with van der Waals surface area (Å²) in [7, 11) is 0. The molecule has 0 radical (unpaired) electrons. The Morgan fingerprint density at radius 1 is 1.12 bits per heavy atom. The molecule has 1 aliphatic heterocycles. The number of halogens is 5. The zero-order valence-electron chi connectivity index (χ0n) is 17.1. The lowest BCUT2D eigenvalue weighted by Gasteiger charge is -2.36. The highest BCUT2D eigenvalue weighted by molar-refractivity contribution is 5.84. The molecule has 1 saturated heterocycles. The Kier molecular flexibility index (Phi) is 6.32. The standard InChI is InChI=1S/C18H20F5N7O2/c1-10(26-13-7-12(18(21,22)23)14(31)28-27-13)15(32)29-3-5-30(6-4-29)16-24-8-11(9-25-16)17(2,19)20/h7-10H,3-6H2,1-2H3,(H,26,27)(H,28,31)/t10-/m0/s1. The molecule has 0 aromatic carbocycles. The van der Waals surface area contributed by atoms with Crippen molar-refractivity contribution in [1.82, 2.24) is 25.1 Å². The van der Waals surface area contributed by atoms with E-state index in [4.69, 9.17) is 0 Å². The first-order valence-corrected chi connectivity index (χ1v) is 9.54. The molecule has 3 rings (SSSR count). The van der Waals surface area contributed by atoms with Crippen LogP contribution in [-0.4, -0.2) is 63.2 Å². The van der Waals surface area contributed by atoms with Crippen LogP contribution in [-0.2, 0) is 16.9 Å². The van der Waals surface area contributed by atoms with Crippen LogP contribution in [0.2, 0.25) is 0 Å². The number of alkyl halides is 5. The maximum atomic E-state index is 13.3. The molecule has 1 fully saturated rings. The summed E-state index contributed by atoms with van der Waals surface area (Å²) in [4.78, 5) is 35.1. The van der Waals surface area contributed by atoms with Gasteiger partial charge >= 0.3 is 6.18 Å². The van der Waals surface area contributed by atoms with E-state index >= 15 is 0 Å². The second kappa shape index (κ2) is 8.67. The van der Waals surface area contributed by atoms with E-state index in [2.05, 4.69) is 20.4 Å². The van der Waals surface area contributed by atoms with Gasteiger partial charge in [-0.05, 0) is 6.92 Å². The Bertz CT molecular complexity index is 1010. The summed E-state index contributed by atoms with van der Waals surface area (Å²) in [6, 6.07) is -0.371.